The van der Waals surface area contributed by atoms with Crippen molar-refractivity contribution >= 4 is 17.3 Å². The summed E-state index contributed by atoms with van der Waals surface area (Å²) < 4.78 is 2.03. The van der Waals surface area contributed by atoms with Gasteiger partial charge in [-0.15, -0.1) is 0 Å². The molecule has 0 aliphatic carbocycles. The normalized spacial score (nSPS) is 10.5. The lowest BCUT2D eigenvalue weighted by molar-refractivity contribution is 0.578. The van der Waals surface area contributed by atoms with Crippen LogP contribution in [-0.2, 0) is 13.1 Å². The molecule has 0 unspecified atom stereocenters. The molecular weight excluding hydrogens is 234 g/mol. The summed E-state index contributed by atoms with van der Waals surface area (Å²) in [6, 6.07) is 9.77. The van der Waals surface area contributed by atoms with Crippen molar-refractivity contribution in [3.05, 3.63) is 47.2 Å². The van der Waals surface area contributed by atoms with Gasteiger partial charge in [0, 0.05) is 23.5 Å². The number of anilines is 1. The van der Waals surface area contributed by atoms with E-state index in [-0.39, 0.29) is 0 Å². The van der Waals surface area contributed by atoms with E-state index in [0.29, 0.717) is 0 Å². The van der Waals surface area contributed by atoms with Gasteiger partial charge in [-0.2, -0.15) is 5.10 Å². The molecule has 0 amide bonds. The summed E-state index contributed by atoms with van der Waals surface area (Å²) in [7, 11) is 0. The van der Waals surface area contributed by atoms with Crippen LogP contribution in [0.3, 0.4) is 0 Å². The maximum absolute atomic E-state index is 5.93. The van der Waals surface area contributed by atoms with Crippen molar-refractivity contribution in [1.29, 1.82) is 0 Å². The molecule has 3 nitrogen and oxygen atoms in total. The van der Waals surface area contributed by atoms with Crippen molar-refractivity contribution < 1.29 is 0 Å². The third-order valence-corrected chi connectivity index (χ3v) is 2.77. The highest BCUT2D eigenvalue weighted by atomic mass is 35.5. The lowest BCUT2D eigenvalue weighted by atomic mass is 10.3. The zero-order chi connectivity index (χ0) is 12.1. The molecule has 0 radical (unpaired) electrons. The highest BCUT2D eigenvalue weighted by molar-refractivity contribution is 6.30. The van der Waals surface area contributed by atoms with Crippen LogP contribution in [0.5, 0.6) is 0 Å². The van der Waals surface area contributed by atoms with Gasteiger partial charge in [0.15, 0.2) is 0 Å². The zero-order valence-corrected chi connectivity index (χ0v) is 10.6. The van der Waals surface area contributed by atoms with E-state index in [1.54, 1.807) is 0 Å². The number of benzene rings is 1. The molecule has 0 aliphatic heterocycles. The van der Waals surface area contributed by atoms with Gasteiger partial charge in [0.1, 0.15) is 0 Å². The standard InChI is InChI=1S/C13H16ClN3/c1-2-8-17-13(6-7-16-17)10-15-12-5-3-4-11(14)9-12/h3-7,9,15H,2,8,10H2,1H3. The summed E-state index contributed by atoms with van der Waals surface area (Å²) in [4.78, 5) is 0. The van der Waals surface area contributed by atoms with Crippen molar-refractivity contribution in [2.45, 2.75) is 26.4 Å². The molecule has 0 saturated heterocycles. The van der Waals surface area contributed by atoms with Gasteiger partial charge >= 0.3 is 0 Å². The number of halogens is 1. The average Bonchev–Trinajstić information content (AvgIpc) is 2.75. The Morgan fingerprint density at radius 3 is 3.00 bits per heavy atom. The van der Waals surface area contributed by atoms with Crippen LogP contribution in [0.25, 0.3) is 0 Å². The lowest BCUT2D eigenvalue weighted by Crippen LogP contribution is -2.08. The third kappa shape index (κ3) is 3.24. The summed E-state index contributed by atoms with van der Waals surface area (Å²) >= 11 is 5.93. The van der Waals surface area contributed by atoms with E-state index < -0.39 is 0 Å². The first-order valence-electron chi connectivity index (χ1n) is 5.79. The summed E-state index contributed by atoms with van der Waals surface area (Å²) in [6.07, 6.45) is 2.93. The Hall–Kier alpha value is -1.48. The molecule has 0 bridgehead atoms. The fourth-order valence-corrected chi connectivity index (χ4v) is 1.90. The molecular formula is C13H16ClN3. The minimum atomic E-state index is 0.747. The zero-order valence-electron chi connectivity index (χ0n) is 9.86. The van der Waals surface area contributed by atoms with Gasteiger partial charge < -0.3 is 5.32 Å². The Labute approximate surface area is 106 Å². The molecule has 17 heavy (non-hydrogen) atoms. The second-order valence-electron chi connectivity index (χ2n) is 3.91. The number of nitrogens with one attached hydrogen (secondary N) is 1. The Bertz CT molecular complexity index is 479. The number of aromatic nitrogens is 2. The SMILES string of the molecule is CCCn1nccc1CNc1cccc(Cl)c1. The average molecular weight is 250 g/mol. The smallest absolute Gasteiger partial charge is 0.0575 e. The molecule has 0 atom stereocenters. The Morgan fingerprint density at radius 2 is 2.24 bits per heavy atom. The summed E-state index contributed by atoms with van der Waals surface area (Å²) in [5.41, 5.74) is 2.22. The molecule has 1 heterocycles. The molecule has 2 rings (SSSR count). The largest absolute Gasteiger partial charge is 0.379 e. The molecule has 1 aromatic heterocycles. The third-order valence-electron chi connectivity index (χ3n) is 2.54. The number of hydrogen-bond donors (Lipinski definition) is 1. The van der Waals surface area contributed by atoms with Crippen LogP contribution in [0.15, 0.2) is 36.5 Å². The predicted octanol–water partition coefficient (Wildman–Crippen LogP) is 3.56. The molecule has 0 spiro atoms. The molecule has 4 heteroatoms. The maximum Gasteiger partial charge on any atom is 0.0575 e. The quantitative estimate of drug-likeness (QED) is 0.878. The van der Waals surface area contributed by atoms with Gasteiger partial charge in [0.05, 0.1) is 12.2 Å². The van der Waals surface area contributed by atoms with Gasteiger partial charge in [-0.3, -0.25) is 4.68 Å². The summed E-state index contributed by atoms with van der Waals surface area (Å²) in [6.45, 7) is 3.87. The fraction of sp³-hybridized carbons (Fsp3) is 0.308. The fourth-order valence-electron chi connectivity index (χ4n) is 1.71. The first-order valence-corrected chi connectivity index (χ1v) is 6.17. The van der Waals surface area contributed by atoms with Crippen molar-refractivity contribution in [2.75, 3.05) is 5.32 Å². The predicted molar refractivity (Wildman–Crippen MR) is 71.3 cm³/mol. The van der Waals surface area contributed by atoms with Gasteiger partial charge in [-0.05, 0) is 30.7 Å². The van der Waals surface area contributed by atoms with Gasteiger partial charge in [0.25, 0.3) is 0 Å². The van der Waals surface area contributed by atoms with E-state index in [1.165, 1.54) is 5.69 Å². The van der Waals surface area contributed by atoms with Crippen LogP contribution < -0.4 is 5.32 Å². The number of hydrogen-bond acceptors (Lipinski definition) is 2. The molecule has 1 N–H and O–H groups in total. The minimum absolute atomic E-state index is 0.747. The van der Waals surface area contributed by atoms with Crippen molar-refractivity contribution in [3.63, 3.8) is 0 Å². The van der Waals surface area contributed by atoms with Gasteiger partial charge in [-0.1, -0.05) is 24.6 Å². The monoisotopic (exact) mass is 249 g/mol. The van der Waals surface area contributed by atoms with Crippen LogP contribution in [0, 0.1) is 0 Å². The van der Waals surface area contributed by atoms with E-state index in [4.69, 9.17) is 11.6 Å². The van der Waals surface area contributed by atoms with E-state index in [9.17, 15) is 0 Å². The van der Waals surface area contributed by atoms with Crippen LogP contribution in [0.1, 0.15) is 19.0 Å². The van der Waals surface area contributed by atoms with E-state index in [2.05, 4.69) is 17.3 Å². The van der Waals surface area contributed by atoms with Crippen LogP contribution >= 0.6 is 11.6 Å². The second-order valence-corrected chi connectivity index (χ2v) is 4.35. The van der Waals surface area contributed by atoms with Crippen LogP contribution in [0.2, 0.25) is 5.02 Å². The maximum atomic E-state index is 5.93. The van der Waals surface area contributed by atoms with Gasteiger partial charge in [0.2, 0.25) is 0 Å². The second kappa shape index (κ2) is 5.73. The number of rotatable bonds is 5. The molecule has 90 valence electrons. The molecule has 2 aromatic rings. The van der Waals surface area contributed by atoms with Crippen molar-refractivity contribution in [3.8, 4) is 0 Å². The van der Waals surface area contributed by atoms with E-state index >= 15 is 0 Å². The highest BCUT2D eigenvalue weighted by Gasteiger charge is 2.01. The van der Waals surface area contributed by atoms with E-state index in [0.717, 1.165) is 30.2 Å². The van der Waals surface area contributed by atoms with E-state index in [1.807, 2.05) is 41.2 Å². The summed E-state index contributed by atoms with van der Waals surface area (Å²) in [5, 5.41) is 8.38. The molecule has 0 fully saturated rings. The summed E-state index contributed by atoms with van der Waals surface area (Å²) in [5.74, 6) is 0. The molecule has 0 aliphatic rings. The first kappa shape index (κ1) is 12.0. The minimum Gasteiger partial charge on any atom is -0.379 e. The first-order chi connectivity index (χ1) is 8.29. The van der Waals surface area contributed by atoms with Crippen LogP contribution in [0.4, 0.5) is 5.69 Å². The van der Waals surface area contributed by atoms with Crippen LogP contribution in [-0.4, -0.2) is 9.78 Å². The van der Waals surface area contributed by atoms with Gasteiger partial charge in [-0.25, -0.2) is 0 Å². The van der Waals surface area contributed by atoms with Crippen molar-refractivity contribution in [1.82, 2.24) is 9.78 Å². The topological polar surface area (TPSA) is 29.9 Å². The number of aryl methyl sites for hydroxylation is 1. The Balaban J connectivity index is 1.99. The Kier molecular flexibility index (Phi) is 4.04. The molecule has 0 saturated carbocycles. The molecule has 1 aromatic carbocycles. The van der Waals surface area contributed by atoms with Crippen molar-refractivity contribution in [2.24, 2.45) is 0 Å². The Morgan fingerprint density at radius 1 is 1.35 bits per heavy atom. The lowest BCUT2D eigenvalue weighted by Gasteiger charge is -2.09. The highest BCUT2D eigenvalue weighted by Crippen LogP contribution is 2.15. The number of nitrogens with zero attached hydrogens (tertiary/aromatic N) is 2.